The molecule has 1 aromatic heterocycles. The minimum atomic E-state index is 0.388. The fourth-order valence-corrected chi connectivity index (χ4v) is 2.08. The van der Waals surface area contributed by atoms with Crippen LogP contribution < -0.4 is 15.2 Å². The molecule has 1 aliphatic rings. The van der Waals surface area contributed by atoms with Crippen LogP contribution in [0.1, 0.15) is 6.92 Å². The maximum atomic E-state index is 5.90. The van der Waals surface area contributed by atoms with Gasteiger partial charge >= 0.3 is 0 Å². The summed E-state index contributed by atoms with van der Waals surface area (Å²) in [6.45, 7) is 3.45. The molecule has 2 aromatic rings. The lowest BCUT2D eigenvalue weighted by molar-refractivity contribution is 0.228. The number of hydrogen-bond acceptors (Lipinski definition) is 4. The first kappa shape index (κ1) is 11.8. The smallest absolute Gasteiger partial charge is 0.161 e. The number of aromatic nitrogens is 1. The van der Waals surface area contributed by atoms with E-state index in [-0.39, 0.29) is 0 Å². The van der Waals surface area contributed by atoms with Crippen molar-refractivity contribution in [2.24, 2.45) is 5.92 Å². The van der Waals surface area contributed by atoms with E-state index in [9.17, 15) is 0 Å². The molecule has 0 amide bonds. The Morgan fingerprint density at radius 1 is 1.16 bits per heavy atom. The van der Waals surface area contributed by atoms with E-state index in [1.165, 1.54) is 0 Å². The predicted molar refractivity (Wildman–Crippen MR) is 74.2 cm³/mol. The van der Waals surface area contributed by atoms with Crippen LogP contribution in [-0.4, -0.2) is 18.2 Å². The van der Waals surface area contributed by atoms with Gasteiger partial charge in [-0.1, -0.05) is 13.0 Å². The number of nitrogen functional groups attached to an aromatic ring is 1. The summed E-state index contributed by atoms with van der Waals surface area (Å²) in [5, 5.41) is 0. The summed E-state index contributed by atoms with van der Waals surface area (Å²) in [4.78, 5) is 4.10. The van der Waals surface area contributed by atoms with Crippen LogP contribution in [-0.2, 0) is 0 Å². The molecule has 98 valence electrons. The molecule has 1 aromatic carbocycles. The zero-order valence-electron chi connectivity index (χ0n) is 10.8. The number of hydrogen-bond donors (Lipinski definition) is 1. The molecule has 19 heavy (non-hydrogen) atoms. The number of anilines is 1. The molecule has 1 aliphatic heterocycles. The second-order valence-corrected chi connectivity index (χ2v) is 4.82. The fourth-order valence-electron chi connectivity index (χ4n) is 2.08. The third-order valence-electron chi connectivity index (χ3n) is 3.14. The quantitative estimate of drug-likeness (QED) is 0.852. The first-order valence-electron chi connectivity index (χ1n) is 6.34. The van der Waals surface area contributed by atoms with Crippen LogP contribution in [0.25, 0.3) is 11.1 Å². The maximum absolute atomic E-state index is 5.90. The van der Waals surface area contributed by atoms with Gasteiger partial charge in [-0.15, -0.1) is 0 Å². The average molecular weight is 256 g/mol. The van der Waals surface area contributed by atoms with Gasteiger partial charge in [-0.05, 0) is 29.8 Å². The molecule has 0 bridgehead atoms. The Morgan fingerprint density at radius 3 is 2.74 bits per heavy atom. The van der Waals surface area contributed by atoms with Crippen molar-refractivity contribution in [1.82, 2.24) is 4.98 Å². The molecule has 0 saturated carbocycles. The van der Waals surface area contributed by atoms with Crippen molar-refractivity contribution >= 4 is 5.82 Å². The Kier molecular flexibility index (Phi) is 2.99. The van der Waals surface area contributed by atoms with Gasteiger partial charge in [0, 0.05) is 17.7 Å². The molecule has 0 fully saturated rings. The number of benzene rings is 1. The van der Waals surface area contributed by atoms with Crippen molar-refractivity contribution in [3.05, 3.63) is 36.5 Å². The summed E-state index contributed by atoms with van der Waals surface area (Å²) in [5.41, 5.74) is 7.80. The predicted octanol–water partition coefficient (Wildman–Crippen LogP) is 2.74. The second kappa shape index (κ2) is 4.80. The van der Waals surface area contributed by atoms with Crippen LogP contribution in [0, 0.1) is 5.92 Å². The Labute approximate surface area is 112 Å². The van der Waals surface area contributed by atoms with Crippen molar-refractivity contribution in [2.45, 2.75) is 6.92 Å². The molecule has 4 nitrogen and oxygen atoms in total. The largest absolute Gasteiger partial charge is 0.489 e. The van der Waals surface area contributed by atoms with Gasteiger partial charge in [0.25, 0.3) is 0 Å². The summed E-state index contributed by atoms with van der Waals surface area (Å²) in [6, 6.07) is 9.68. The lowest BCUT2D eigenvalue weighted by Gasteiger charge is -2.10. The number of ether oxygens (including phenoxy) is 2. The summed E-state index contributed by atoms with van der Waals surface area (Å²) in [7, 11) is 0. The minimum absolute atomic E-state index is 0.388. The fraction of sp³-hybridized carbons (Fsp3) is 0.267. The SMILES string of the molecule is CC1COc2ccc(-c3cccnc3N)cc2OC1. The molecule has 2 heterocycles. The normalized spacial score (nSPS) is 17.8. The Hall–Kier alpha value is -2.23. The van der Waals surface area contributed by atoms with Crippen molar-refractivity contribution in [1.29, 1.82) is 0 Å². The molecular weight excluding hydrogens is 240 g/mol. The zero-order valence-corrected chi connectivity index (χ0v) is 10.8. The van der Waals surface area contributed by atoms with Crippen molar-refractivity contribution < 1.29 is 9.47 Å². The zero-order chi connectivity index (χ0) is 13.2. The minimum Gasteiger partial charge on any atom is -0.489 e. The van der Waals surface area contributed by atoms with E-state index < -0.39 is 0 Å². The summed E-state index contributed by atoms with van der Waals surface area (Å²) >= 11 is 0. The monoisotopic (exact) mass is 256 g/mol. The van der Waals surface area contributed by atoms with Gasteiger partial charge < -0.3 is 15.2 Å². The molecule has 0 spiro atoms. The van der Waals surface area contributed by atoms with Crippen LogP contribution >= 0.6 is 0 Å². The second-order valence-electron chi connectivity index (χ2n) is 4.82. The van der Waals surface area contributed by atoms with Gasteiger partial charge in [0.05, 0.1) is 13.2 Å². The first-order valence-corrected chi connectivity index (χ1v) is 6.34. The lowest BCUT2D eigenvalue weighted by atomic mass is 10.1. The number of nitrogens with two attached hydrogens (primary N) is 1. The van der Waals surface area contributed by atoms with Crippen LogP contribution in [0.3, 0.4) is 0 Å². The topological polar surface area (TPSA) is 57.4 Å². The first-order chi connectivity index (χ1) is 9.24. The highest BCUT2D eigenvalue weighted by Gasteiger charge is 2.16. The Bertz CT molecular complexity index is 598. The van der Waals surface area contributed by atoms with Crippen molar-refractivity contribution in [3.8, 4) is 22.6 Å². The molecule has 4 heteroatoms. The summed E-state index contributed by atoms with van der Waals surface area (Å²) in [6.07, 6.45) is 1.68. The van der Waals surface area contributed by atoms with E-state index >= 15 is 0 Å². The van der Waals surface area contributed by atoms with Gasteiger partial charge in [0.2, 0.25) is 0 Å². The summed E-state index contributed by atoms with van der Waals surface area (Å²) in [5.74, 6) is 2.46. The molecule has 1 unspecified atom stereocenters. The summed E-state index contributed by atoms with van der Waals surface area (Å²) < 4.78 is 11.5. The van der Waals surface area contributed by atoms with Gasteiger partial charge in [-0.3, -0.25) is 0 Å². The van der Waals surface area contributed by atoms with Crippen LogP contribution in [0.2, 0.25) is 0 Å². The van der Waals surface area contributed by atoms with Crippen molar-refractivity contribution in [3.63, 3.8) is 0 Å². The van der Waals surface area contributed by atoms with Crippen LogP contribution in [0.15, 0.2) is 36.5 Å². The van der Waals surface area contributed by atoms with Gasteiger partial charge in [-0.2, -0.15) is 0 Å². The highest BCUT2D eigenvalue weighted by molar-refractivity contribution is 5.75. The highest BCUT2D eigenvalue weighted by Crippen LogP contribution is 2.35. The van der Waals surface area contributed by atoms with E-state index in [0.717, 1.165) is 22.6 Å². The van der Waals surface area contributed by atoms with Crippen molar-refractivity contribution in [2.75, 3.05) is 18.9 Å². The standard InChI is InChI=1S/C15H16N2O2/c1-10-8-18-13-5-4-11(7-14(13)19-9-10)12-3-2-6-17-15(12)16/h2-7,10H,8-9H2,1H3,(H2,16,17). The third-order valence-corrected chi connectivity index (χ3v) is 3.14. The van der Waals surface area contributed by atoms with E-state index in [1.807, 2.05) is 30.3 Å². The van der Waals surface area contributed by atoms with E-state index in [1.54, 1.807) is 6.20 Å². The molecular formula is C15H16N2O2. The molecule has 0 saturated heterocycles. The number of rotatable bonds is 1. The van der Waals surface area contributed by atoms with E-state index in [2.05, 4.69) is 11.9 Å². The number of fused-ring (bicyclic) bond motifs is 1. The number of nitrogens with zero attached hydrogens (tertiary/aromatic N) is 1. The van der Waals surface area contributed by atoms with E-state index in [0.29, 0.717) is 24.9 Å². The third kappa shape index (κ3) is 2.34. The van der Waals surface area contributed by atoms with Gasteiger partial charge in [0.15, 0.2) is 11.5 Å². The Balaban J connectivity index is 2.00. The lowest BCUT2D eigenvalue weighted by Crippen LogP contribution is -2.12. The maximum Gasteiger partial charge on any atom is 0.161 e. The van der Waals surface area contributed by atoms with Gasteiger partial charge in [0.1, 0.15) is 5.82 Å². The average Bonchev–Trinajstić information content (AvgIpc) is 2.61. The Morgan fingerprint density at radius 2 is 1.95 bits per heavy atom. The van der Waals surface area contributed by atoms with Gasteiger partial charge in [-0.25, -0.2) is 4.98 Å². The molecule has 0 aliphatic carbocycles. The molecule has 0 radical (unpaired) electrons. The highest BCUT2D eigenvalue weighted by atomic mass is 16.5. The molecule has 3 rings (SSSR count). The molecule has 1 atom stereocenters. The van der Waals surface area contributed by atoms with Crippen LogP contribution in [0.4, 0.5) is 5.82 Å². The number of pyridine rings is 1. The van der Waals surface area contributed by atoms with E-state index in [4.69, 9.17) is 15.2 Å². The van der Waals surface area contributed by atoms with Crippen LogP contribution in [0.5, 0.6) is 11.5 Å². The molecule has 2 N–H and O–H groups in total.